The van der Waals surface area contributed by atoms with Gasteiger partial charge in [0.2, 0.25) is 15.9 Å². The molecule has 0 aliphatic rings. The number of nitrogens with zero attached hydrogens (tertiary/aromatic N) is 1. The monoisotopic (exact) mass is 309 g/mol. The van der Waals surface area contributed by atoms with Crippen LogP contribution in [0.2, 0.25) is 0 Å². The number of carbonyl (C=O) groups is 1. The second-order valence-corrected chi connectivity index (χ2v) is 6.62. The first-order valence-electron chi connectivity index (χ1n) is 6.80. The molecule has 1 atom stereocenters. The summed E-state index contributed by atoms with van der Waals surface area (Å²) < 4.78 is 29.0. The molecule has 0 aliphatic heterocycles. The number of amides is 1. The number of rotatable bonds is 11. The van der Waals surface area contributed by atoms with Gasteiger partial charge >= 0.3 is 0 Å². The average Bonchev–Trinajstić information content (AvgIpc) is 2.37. The Hall–Kier alpha value is -0.700. The van der Waals surface area contributed by atoms with Crippen LogP contribution in [0.25, 0.3) is 0 Å². The highest BCUT2D eigenvalue weighted by Gasteiger charge is 2.15. The number of hydrogen-bond donors (Lipinski definition) is 2. The summed E-state index contributed by atoms with van der Waals surface area (Å²) in [7, 11) is -1.56. The van der Waals surface area contributed by atoms with Gasteiger partial charge in [-0.25, -0.2) is 12.7 Å². The van der Waals surface area contributed by atoms with E-state index >= 15 is 0 Å². The van der Waals surface area contributed by atoms with E-state index in [0.29, 0.717) is 39.1 Å². The van der Waals surface area contributed by atoms with Crippen LogP contribution in [0.15, 0.2) is 0 Å². The lowest BCUT2D eigenvalue weighted by Crippen LogP contribution is -2.42. The minimum absolute atomic E-state index is 0.205. The van der Waals surface area contributed by atoms with E-state index in [2.05, 4.69) is 5.32 Å². The third kappa shape index (κ3) is 8.47. The Morgan fingerprint density at radius 1 is 1.40 bits per heavy atom. The van der Waals surface area contributed by atoms with Crippen molar-refractivity contribution in [3.05, 3.63) is 0 Å². The van der Waals surface area contributed by atoms with Crippen molar-refractivity contribution in [1.29, 1.82) is 0 Å². The van der Waals surface area contributed by atoms with Crippen LogP contribution >= 0.6 is 0 Å². The van der Waals surface area contributed by atoms with Gasteiger partial charge in [-0.15, -0.1) is 0 Å². The minimum atomic E-state index is -3.16. The van der Waals surface area contributed by atoms with Crippen LogP contribution in [0.4, 0.5) is 0 Å². The van der Waals surface area contributed by atoms with Gasteiger partial charge < -0.3 is 15.8 Å². The largest absolute Gasteiger partial charge is 0.385 e. The Balaban J connectivity index is 3.86. The zero-order valence-electron chi connectivity index (χ0n) is 12.6. The van der Waals surface area contributed by atoms with Crippen molar-refractivity contribution in [2.45, 2.75) is 32.2 Å². The van der Waals surface area contributed by atoms with E-state index in [0.717, 1.165) is 6.42 Å². The molecule has 0 bridgehead atoms. The fourth-order valence-corrected chi connectivity index (χ4v) is 2.66. The second kappa shape index (κ2) is 10.1. The van der Waals surface area contributed by atoms with Crippen LogP contribution in [-0.2, 0) is 19.6 Å². The number of ether oxygens (including phenoxy) is 1. The third-order valence-corrected chi connectivity index (χ3v) is 4.28. The molecule has 1 amide bonds. The van der Waals surface area contributed by atoms with Gasteiger partial charge in [0.1, 0.15) is 0 Å². The van der Waals surface area contributed by atoms with Crippen molar-refractivity contribution in [2.75, 3.05) is 39.6 Å². The van der Waals surface area contributed by atoms with Crippen LogP contribution in [0.5, 0.6) is 0 Å². The summed E-state index contributed by atoms with van der Waals surface area (Å²) >= 11 is 0. The van der Waals surface area contributed by atoms with Gasteiger partial charge in [-0.1, -0.05) is 6.92 Å². The Bertz CT molecular complexity index is 373. The topological polar surface area (TPSA) is 102 Å². The maximum Gasteiger partial charge on any atom is 0.236 e. The first-order chi connectivity index (χ1) is 9.32. The molecule has 0 heterocycles. The fraction of sp³-hybridized carbons (Fsp3) is 0.917. The molecule has 0 aromatic heterocycles. The van der Waals surface area contributed by atoms with Crippen molar-refractivity contribution < 1.29 is 17.9 Å². The van der Waals surface area contributed by atoms with Gasteiger partial charge in [0.15, 0.2) is 0 Å². The number of nitrogens with one attached hydrogen (secondary N) is 1. The minimum Gasteiger partial charge on any atom is -0.385 e. The standard InChI is InChI=1S/C12H27N3O4S/c1-4-15(20(3,17)18)9-6-8-14-12(16)11(13)7-5-10-19-2/h11H,4-10,13H2,1-3H3,(H,14,16). The highest BCUT2D eigenvalue weighted by Crippen LogP contribution is 1.99. The summed E-state index contributed by atoms with van der Waals surface area (Å²) in [5.74, 6) is -0.205. The third-order valence-electron chi connectivity index (χ3n) is 2.91. The van der Waals surface area contributed by atoms with Crippen LogP contribution < -0.4 is 11.1 Å². The summed E-state index contributed by atoms with van der Waals surface area (Å²) in [5.41, 5.74) is 5.72. The summed E-state index contributed by atoms with van der Waals surface area (Å²) in [6.07, 6.45) is 3.06. The second-order valence-electron chi connectivity index (χ2n) is 4.64. The van der Waals surface area contributed by atoms with E-state index in [1.165, 1.54) is 10.6 Å². The fourth-order valence-electron chi connectivity index (χ4n) is 1.74. The van der Waals surface area contributed by atoms with Gasteiger partial charge in [0, 0.05) is 33.4 Å². The molecule has 120 valence electrons. The van der Waals surface area contributed by atoms with E-state index in [1.54, 1.807) is 14.0 Å². The molecule has 20 heavy (non-hydrogen) atoms. The maximum atomic E-state index is 11.6. The van der Waals surface area contributed by atoms with Crippen LogP contribution in [0.3, 0.4) is 0 Å². The molecule has 0 spiro atoms. The van der Waals surface area contributed by atoms with Crippen molar-refractivity contribution in [2.24, 2.45) is 5.73 Å². The highest BCUT2D eigenvalue weighted by molar-refractivity contribution is 7.88. The lowest BCUT2D eigenvalue weighted by molar-refractivity contribution is -0.122. The number of methoxy groups -OCH3 is 1. The van der Waals surface area contributed by atoms with Crippen LogP contribution in [-0.4, -0.2) is 64.3 Å². The van der Waals surface area contributed by atoms with E-state index in [1.807, 2.05) is 0 Å². The molecule has 0 rings (SSSR count). The summed E-state index contributed by atoms with van der Waals surface area (Å²) in [6, 6.07) is -0.540. The van der Waals surface area contributed by atoms with Crippen molar-refractivity contribution >= 4 is 15.9 Å². The van der Waals surface area contributed by atoms with Gasteiger partial charge in [0.25, 0.3) is 0 Å². The smallest absolute Gasteiger partial charge is 0.236 e. The lowest BCUT2D eigenvalue weighted by Gasteiger charge is -2.18. The predicted octanol–water partition coefficient (Wildman–Crippen LogP) is -0.472. The molecular formula is C12H27N3O4S. The van der Waals surface area contributed by atoms with E-state index in [-0.39, 0.29) is 5.91 Å². The Labute approximate surface area is 121 Å². The van der Waals surface area contributed by atoms with Crippen LogP contribution in [0, 0.1) is 0 Å². The van der Waals surface area contributed by atoms with Gasteiger partial charge in [-0.05, 0) is 19.3 Å². The molecule has 3 N–H and O–H groups in total. The normalized spacial score (nSPS) is 13.4. The molecule has 0 aliphatic carbocycles. The number of carbonyl (C=O) groups excluding carboxylic acids is 1. The molecule has 0 saturated heterocycles. The zero-order chi connectivity index (χ0) is 15.6. The Morgan fingerprint density at radius 3 is 2.55 bits per heavy atom. The molecule has 0 fully saturated rings. The first kappa shape index (κ1) is 19.3. The molecular weight excluding hydrogens is 282 g/mol. The number of sulfonamides is 1. The van der Waals surface area contributed by atoms with Crippen LogP contribution in [0.1, 0.15) is 26.2 Å². The molecule has 0 radical (unpaired) electrons. The van der Waals surface area contributed by atoms with Crippen molar-refractivity contribution in [3.63, 3.8) is 0 Å². The van der Waals surface area contributed by atoms with Gasteiger partial charge in [-0.2, -0.15) is 0 Å². The number of nitrogens with two attached hydrogens (primary N) is 1. The van der Waals surface area contributed by atoms with Gasteiger partial charge in [-0.3, -0.25) is 4.79 Å². The van der Waals surface area contributed by atoms with E-state index < -0.39 is 16.1 Å². The lowest BCUT2D eigenvalue weighted by atomic mass is 10.1. The molecule has 0 aromatic carbocycles. The highest BCUT2D eigenvalue weighted by atomic mass is 32.2. The van der Waals surface area contributed by atoms with Crippen molar-refractivity contribution in [1.82, 2.24) is 9.62 Å². The predicted molar refractivity (Wildman–Crippen MR) is 78.8 cm³/mol. The molecule has 8 heteroatoms. The molecule has 1 unspecified atom stereocenters. The van der Waals surface area contributed by atoms with Gasteiger partial charge in [0.05, 0.1) is 12.3 Å². The van der Waals surface area contributed by atoms with E-state index in [9.17, 15) is 13.2 Å². The molecule has 0 saturated carbocycles. The average molecular weight is 309 g/mol. The quantitative estimate of drug-likeness (QED) is 0.502. The summed E-state index contributed by atoms with van der Waals surface area (Å²) in [6.45, 7) is 3.62. The number of hydrogen-bond acceptors (Lipinski definition) is 5. The summed E-state index contributed by atoms with van der Waals surface area (Å²) in [5, 5.41) is 2.71. The van der Waals surface area contributed by atoms with Crippen molar-refractivity contribution in [3.8, 4) is 0 Å². The summed E-state index contributed by atoms with van der Waals surface area (Å²) in [4.78, 5) is 11.6. The maximum absolute atomic E-state index is 11.6. The SMILES string of the molecule is CCN(CCCNC(=O)C(N)CCCOC)S(C)(=O)=O. The Kier molecular flexibility index (Phi) is 9.74. The molecule has 7 nitrogen and oxygen atoms in total. The Morgan fingerprint density at radius 2 is 2.05 bits per heavy atom. The zero-order valence-corrected chi connectivity index (χ0v) is 13.4. The molecule has 0 aromatic rings. The first-order valence-corrected chi connectivity index (χ1v) is 8.65. The van der Waals surface area contributed by atoms with E-state index in [4.69, 9.17) is 10.5 Å².